The van der Waals surface area contributed by atoms with Crippen LogP contribution in [0.1, 0.15) is 12.0 Å². The minimum absolute atomic E-state index is 0.140. The molecule has 108 valence electrons. The Bertz CT molecular complexity index is 388. The summed E-state index contributed by atoms with van der Waals surface area (Å²) in [7, 11) is 1.65. The highest BCUT2D eigenvalue weighted by molar-refractivity contribution is 6.35. The quantitative estimate of drug-likeness (QED) is 0.697. The van der Waals surface area contributed by atoms with E-state index in [1.54, 1.807) is 13.2 Å². The zero-order chi connectivity index (χ0) is 14.1. The van der Waals surface area contributed by atoms with Gasteiger partial charge in [-0.1, -0.05) is 29.0 Å². The van der Waals surface area contributed by atoms with Crippen LogP contribution in [0.25, 0.3) is 0 Å². The number of quaternary nitrogens is 1. The number of rotatable bonds is 9. The lowest BCUT2D eigenvalue weighted by molar-refractivity contribution is -0.671. The Morgan fingerprint density at radius 3 is 2.74 bits per heavy atom. The molecule has 6 heteroatoms. The Labute approximate surface area is 123 Å². The van der Waals surface area contributed by atoms with E-state index in [9.17, 15) is 5.11 Å². The van der Waals surface area contributed by atoms with Gasteiger partial charge in [0.15, 0.2) is 0 Å². The topological polar surface area (TPSA) is 58.1 Å². The molecule has 0 saturated carbocycles. The molecule has 0 spiro atoms. The standard InChI is InChI=1S/C13H19Cl2NO3/c1-18-5-6-19-4-2-3-16-9-10-7-11(14)8-12(15)13(10)17/h7-8,16-17H,2-6,9H2,1H3. The van der Waals surface area contributed by atoms with E-state index in [0.29, 0.717) is 37.0 Å². The number of hydrogen-bond donors (Lipinski definition) is 1. The molecule has 19 heavy (non-hydrogen) atoms. The van der Waals surface area contributed by atoms with E-state index in [1.165, 1.54) is 6.07 Å². The van der Waals surface area contributed by atoms with Crippen LogP contribution >= 0.6 is 23.2 Å². The summed E-state index contributed by atoms with van der Waals surface area (Å²) in [5, 5.41) is 14.4. The van der Waals surface area contributed by atoms with E-state index in [0.717, 1.165) is 13.0 Å². The van der Waals surface area contributed by atoms with Crippen molar-refractivity contribution in [1.29, 1.82) is 0 Å². The van der Waals surface area contributed by atoms with Crippen molar-refractivity contribution in [1.82, 2.24) is 0 Å². The van der Waals surface area contributed by atoms with Crippen LogP contribution in [0.4, 0.5) is 0 Å². The molecular formula is C13H19Cl2NO3. The first-order chi connectivity index (χ1) is 9.15. The first-order valence-electron chi connectivity index (χ1n) is 6.18. The van der Waals surface area contributed by atoms with Crippen molar-refractivity contribution in [3.63, 3.8) is 0 Å². The smallest absolute Gasteiger partial charge is 0.101 e. The number of hydrogen-bond acceptors (Lipinski definition) is 3. The molecule has 0 bridgehead atoms. The third-order valence-electron chi connectivity index (χ3n) is 2.58. The van der Waals surface area contributed by atoms with Gasteiger partial charge in [-0.05, 0) is 12.1 Å². The number of halogens is 2. The summed E-state index contributed by atoms with van der Waals surface area (Å²) in [6.07, 6.45) is 0.923. The minimum atomic E-state index is -0.140. The van der Waals surface area contributed by atoms with Crippen LogP contribution in [0.3, 0.4) is 0 Å². The van der Waals surface area contributed by atoms with Crippen molar-refractivity contribution < 1.29 is 19.9 Å². The maximum Gasteiger partial charge on any atom is 0.101 e. The zero-order valence-corrected chi connectivity index (χ0v) is 12.5. The Hall–Kier alpha value is -0.520. The first-order valence-corrected chi connectivity index (χ1v) is 6.94. The first kappa shape index (κ1) is 16.5. The molecule has 0 fully saturated rings. The average molecular weight is 308 g/mol. The molecule has 0 atom stereocenters. The highest BCUT2D eigenvalue weighted by Crippen LogP contribution is 2.28. The van der Waals surface area contributed by atoms with Crippen molar-refractivity contribution in [2.24, 2.45) is 0 Å². The summed E-state index contributed by atoms with van der Waals surface area (Å²) >= 11 is 11.7. The van der Waals surface area contributed by atoms with Gasteiger partial charge in [0.2, 0.25) is 0 Å². The molecule has 0 aliphatic rings. The summed E-state index contributed by atoms with van der Waals surface area (Å²) in [5.41, 5.74) is 0.637. The normalized spacial score (nSPS) is 10.9. The lowest BCUT2D eigenvalue weighted by Crippen LogP contribution is -2.82. The molecule has 0 saturated heterocycles. The fourth-order valence-corrected chi connectivity index (χ4v) is 2.13. The van der Waals surface area contributed by atoms with Gasteiger partial charge in [0.25, 0.3) is 0 Å². The van der Waals surface area contributed by atoms with Crippen molar-refractivity contribution in [2.45, 2.75) is 13.0 Å². The van der Waals surface area contributed by atoms with Gasteiger partial charge in [-0.2, -0.15) is 0 Å². The van der Waals surface area contributed by atoms with Crippen LogP contribution in [-0.2, 0) is 16.0 Å². The third kappa shape index (κ3) is 6.45. The summed E-state index contributed by atoms with van der Waals surface area (Å²) in [5.74, 6) is -0.140. The van der Waals surface area contributed by atoms with Gasteiger partial charge >= 0.3 is 0 Å². The molecule has 0 aliphatic carbocycles. The van der Waals surface area contributed by atoms with Gasteiger partial charge in [0, 0.05) is 29.1 Å². The molecule has 0 aromatic heterocycles. The van der Waals surface area contributed by atoms with Gasteiger partial charge in [0.05, 0.1) is 26.4 Å². The van der Waals surface area contributed by atoms with E-state index in [2.05, 4.69) is 0 Å². The molecule has 2 N–H and O–H groups in total. The maximum atomic E-state index is 11.7. The van der Waals surface area contributed by atoms with Crippen LogP contribution in [0.15, 0.2) is 12.1 Å². The van der Waals surface area contributed by atoms with Crippen molar-refractivity contribution in [3.05, 3.63) is 27.7 Å². The molecular weight excluding hydrogens is 289 g/mol. The number of benzene rings is 1. The summed E-state index contributed by atoms with van der Waals surface area (Å²) in [4.78, 5) is 0. The molecule has 0 radical (unpaired) electrons. The lowest BCUT2D eigenvalue weighted by Gasteiger charge is -2.14. The van der Waals surface area contributed by atoms with Gasteiger partial charge in [-0.3, -0.25) is 0 Å². The SMILES string of the molecule is COCCOCCC[NH2+]Cc1cc(Cl)cc(Cl)c1[O-]. The Morgan fingerprint density at radius 1 is 1.21 bits per heavy atom. The number of methoxy groups -OCH3 is 1. The van der Waals surface area contributed by atoms with Crippen LogP contribution in [-0.4, -0.2) is 33.5 Å². The molecule has 0 amide bonds. The lowest BCUT2D eigenvalue weighted by atomic mass is 10.2. The van der Waals surface area contributed by atoms with Gasteiger partial charge in [-0.25, -0.2) is 0 Å². The monoisotopic (exact) mass is 307 g/mol. The maximum absolute atomic E-state index is 11.7. The number of ether oxygens (including phenoxy) is 2. The van der Waals surface area contributed by atoms with E-state index in [-0.39, 0.29) is 10.8 Å². The van der Waals surface area contributed by atoms with Crippen LogP contribution in [0.5, 0.6) is 5.75 Å². The molecule has 1 aromatic rings. The fraction of sp³-hybridized carbons (Fsp3) is 0.538. The minimum Gasteiger partial charge on any atom is -0.871 e. The van der Waals surface area contributed by atoms with Gasteiger partial charge in [0.1, 0.15) is 6.54 Å². The zero-order valence-electron chi connectivity index (χ0n) is 11.0. The second-order valence-corrected chi connectivity index (χ2v) is 4.96. The van der Waals surface area contributed by atoms with E-state index >= 15 is 0 Å². The Balaban J connectivity index is 2.19. The molecule has 1 aromatic carbocycles. The molecule has 0 aliphatic heterocycles. The molecule has 0 unspecified atom stereocenters. The molecule has 0 heterocycles. The predicted octanol–water partition coefficient (Wildman–Crippen LogP) is 1.18. The van der Waals surface area contributed by atoms with E-state index < -0.39 is 0 Å². The molecule has 4 nitrogen and oxygen atoms in total. The largest absolute Gasteiger partial charge is 0.871 e. The average Bonchev–Trinajstić information content (AvgIpc) is 2.38. The van der Waals surface area contributed by atoms with Crippen molar-refractivity contribution >= 4 is 23.2 Å². The van der Waals surface area contributed by atoms with Crippen molar-refractivity contribution in [2.75, 3.05) is 33.5 Å². The van der Waals surface area contributed by atoms with E-state index in [4.69, 9.17) is 32.7 Å². The summed E-state index contributed by atoms with van der Waals surface area (Å²) < 4.78 is 10.2. The van der Waals surface area contributed by atoms with E-state index in [1.807, 2.05) is 5.32 Å². The Kier molecular flexibility index (Phi) is 8.18. The highest BCUT2D eigenvalue weighted by Gasteiger charge is 2.03. The summed E-state index contributed by atoms with van der Waals surface area (Å²) in [6.45, 7) is 3.39. The predicted molar refractivity (Wildman–Crippen MR) is 73.7 cm³/mol. The third-order valence-corrected chi connectivity index (χ3v) is 3.08. The molecule has 1 rings (SSSR count). The van der Waals surface area contributed by atoms with Gasteiger partial charge < -0.3 is 19.9 Å². The second kappa shape index (κ2) is 9.39. The number of nitrogens with two attached hydrogens (primary N) is 1. The van der Waals surface area contributed by atoms with Crippen LogP contribution < -0.4 is 10.4 Å². The van der Waals surface area contributed by atoms with Gasteiger partial charge in [-0.15, -0.1) is 0 Å². The van der Waals surface area contributed by atoms with Crippen molar-refractivity contribution in [3.8, 4) is 5.75 Å². The summed E-state index contributed by atoms with van der Waals surface area (Å²) in [6, 6.07) is 3.14. The Morgan fingerprint density at radius 2 is 2.00 bits per heavy atom. The fourth-order valence-electron chi connectivity index (χ4n) is 1.60. The van der Waals surface area contributed by atoms with Crippen LogP contribution in [0, 0.1) is 0 Å². The van der Waals surface area contributed by atoms with Crippen LogP contribution in [0.2, 0.25) is 10.0 Å². The second-order valence-electron chi connectivity index (χ2n) is 4.12. The highest BCUT2D eigenvalue weighted by atomic mass is 35.5.